The second kappa shape index (κ2) is 8.04. The first kappa shape index (κ1) is 21.5. The molecule has 6 rings (SSSR count). The summed E-state index contributed by atoms with van der Waals surface area (Å²) in [5, 5.41) is 2.23. The summed E-state index contributed by atoms with van der Waals surface area (Å²) in [5.74, 6) is 1.44. The number of nitrogens with one attached hydrogen (secondary N) is 1. The summed E-state index contributed by atoms with van der Waals surface area (Å²) in [6, 6.07) is 8.49. The maximum absolute atomic E-state index is 6.83. The van der Waals surface area contributed by atoms with Crippen LogP contribution in [0.3, 0.4) is 0 Å². The first-order chi connectivity index (χ1) is 16.4. The van der Waals surface area contributed by atoms with E-state index in [0.29, 0.717) is 15.9 Å². The van der Waals surface area contributed by atoms with Gasteiger partial charge in [0.15, 0.2) is 5.82 Å². The van der Waals surface area contributed by atoms with Crippen molar-refractivity contribution in [2.75, 3.05) is 29.5 Å². The van der Waals surface area contributed by atoms with Gasteiger partial charge in [0.25, 0.3) is 0 Å². The number of hydrogen-bond acceptors (Lipinski definition) is 8. The van der Waals surface area contributed by atoms with E-state index in [0.717, 1.165) is 48.6 Å². The summed E-state index contributed by atoms with van der Waals surface area (Å²) in [6.45, 7) is 1.74. The van der Waals surface area contributed by atoms with Crippen molar-refractivity contribution in [3.05, 3.63) is 59.0 Å². The quantitative estimate of drug-likeness (QED) is 0.334. The fourth-order valence-electron chi connectivity index (χ4n) is 5.33. The summed E-state index contributed by atoms with van der Waals surface area (Å²) in [5.41, 5.74) is 22.8. The predicted octanol–water partition coefficient (Wildman–Crippen LogP) is 4.16. The van der Waals surface area contributed by atoms with Gasteiger partial charge in [0.1, 0.15) is 16.7 Å². The Morgan fingerprint density at radius 2 is 1.94 bits per heavy atom. The van der Waals surface area contributed by atoms with Crippen molar-refractivity contribution < 1.29 is 0 Å². The predicted molar refractivity (Wildman–Crippen MR) is 137 cm³/mol. The summed E-state index contributed by atoms with van der Waals surface area (Å²) in [6.07, 6.45) is 8.40. The normalized spacial score (nSPS) is 19.1. The van der Waals surface area contributed by atoms with Gasteiger partial charge in [-0.1, -0.05) is 23.4 Å². The minimum absolute atomic E-state index is 0.0461. The lowest BCUT2D eigenvalue weighted by atomic mass is 9.73. The summed E-state index contributed by atoms with van der Waals surface area (Å²) < 4.78 is 0. The van der Waals surface area contributed by atoms with Crippen molar-refractivity contribution in [1.29, 1.82) is 0 Å². The van der Waals surface area contributed by atoms with Crippen LogP contribution in [0.15, 0.2) is 52.8 Å². The third-order valence-corrected chi connectivity index (χ3v) is 8.85. The van der Waals surface area contributed by atoms with Gasteiger partial charge >= 0.3 is 0 Å². The average Bonchev–Trinajstić information content (AvgIpc) is 3.39. The molecule has 34 heavy (non-hydrogen) atoms. The number of nitrogens with two attached hydrogens (primary N) is 3. The fourth-order valence-corrected chi connectivity index (χ4v) is 6.35. The number of nitrogen functional groups attached to an aromatic ring is 2. The molecule has 1 aliphatic heterocycles. The molecular weight excluding hydrogens is 468 g/mol. The Balaban J connectivity index is 1.17. The maximum Gasteiger partial charge on any atom is 0.158 e. The van der Waals surface area contributed by atoms with Crippen LogP contribution in [-0.4, -0.2) is 33.0 Å². The van der Waals surface area contributed by atoms with Gasteiger partial charge in [-0.2, -0.15) is 0 Å². The van der Waals surface area contributed by atoms with Crippen LogP contribution in [0.1, 0.15) is 30.0 Å². The molecule has 0 radical (unpaired) electrons. The highest BCUT2D eigenvalue weighted by molar-refractivity contribution is 7.99. The highest BCUT2D eigenvalue weighted by Crippen LogP contribution is 2.51. The SMILES string of the molecule is Nc1nc(N2CCC3(CC2)Cc2cc4cc[nH]c4cc2[C@H]3N)cnc1Sc1ccnc(N)c1Cl. The van der Waals surface area contributed by atoms with Crippen LogP contribution in [0.5, 0.6) is 0 Å². The molecule has 0 unspecified atom stereocenters. The molecule has 8 nitrogen and oxygen atoms in total. The largest absolute Gasteiger partial charge is 0.382 e. The molecule has 3 aromatic heterocycles. The molecule has 0 saturated carbocycles. The van der Waals surface area contributed by atoms with Gasteiger partial charge in [0.2, 0.25) is 0 Å². The molecule has 7 N–H and O–H groups in total. The molecule has 1 aromatic carbocycles. The number of piperidine rings is 1. The molecule has 174 valence electrons. The van der Waals surface area contributed by atoms with Gasteiger partial charge in [0, 0.05) is 41.9 Å². The number of nitrogens with zero attached hydrogens (tertiary/aromatic N) is 4. The Labute approximate surface area is 206 Å². The molecule has 0 amide bonds. The molecule has 1 aliphatic carbocycles. The van der Waals surface area contributed by atoms with Crippen LogP contribution >= 0.6 is 23.4 Å². The average molecular weight is 493 g/mol. The van der Waals surface area contributed by atoms with Crippen LogP contribution < -0.4 is 22.1 Å². The Kier molecular flexibility index (Phi) is 5.09. The molecule has 4 heterocycles. The van der Waals surface area contributed by atoms with Crippen LogP contribution in [0.2, 0.25) is 5.02 Å². The number of pyridine rings is 1. The maximum atomic E-state index is 6.83. The molecule has 1 fully saturated rings. The van der Waals surface area contributed by atoms with Crippen LogP contribution in [-0.2, 0) is 6.42 Å². The molecule has 1 atom stereocenters. The van der Waals surface area contributed by atoms with E-state index >= 15 is 0 Å². The van der Waals surface area contributed by atoms with Gasteiger partial charge in [-0.25, -0.2) is 15.0 Å². The van der Waals surface area contributed by atoms with Crippen molar-refractivity contribution in [2.45, 2.75) is 35.2 Å². The number of hydrogen-bond donors (Lipinski definition) is 4. The van der Waals surface area contributed by atoms with Crippen molar-refractivity contribution in [3.63, 3.8) is 0 Å². The molecule has 0 bridgehead atoms. The van der Waals surface area contributed by atoms with E-state index in [2.05, 4.69) is 43.0 Å². The van der Waals surface area contributed by atoms with Crippen LogP contribution in [0.25, 0.3) is 10.9 Å². The number of H-pyrrole nitrogens is 1. The van der Waals surface area contributed by atoms with Crippen molar-refractivity contribution in [2.24, 2.45) is 11.1 Å². The second-order valence-electron chi connectivity index (χ2n) is 9.15. The number of halogens is 1. The van der Waals surface area contributed by atoms with E-state index in [9.17, 15) is 0 Å². The fraction of sp³-hybridized carbons (Fsp3) is 0.292. The lowest BCUT2D eigenvalue weighted by Crippen LogP contribution is -2.44. The Morgan fingerprint density at radius 3 is 2.74 bits per heavy atom. The molecule has 2 aliphatic rings. The number of aromatic nitrogens is 4. The van der Waals surface area contributed by atoms with E-state index < -0.39 is 0 Å². The van der Waals surface area contributed by atoms with E-state index in [1.807, 2.05) is 6.20 Å². The molecule has 4 aromatic rings. The van der Waals surface area contributed by atoms with Gasteiger partial charge in [-0.05, 0) is 65.5 Å². The lowest BCUT2D eigenvalue weighted by Gasteiger charge is -2.42. The molecular formula is C24H25ClN8S. The molecule has 1 spiro atoms. The van der Waals surface area contributed by atoms with Crippen LogP contribution in [0, 0.1) is 5.41 Å². The Hall–Kier alpha value is -3.01. The van der Waals surface area contributed by atoms with Gasteiger partial charge in [0.05, 0.1) is 11.2 Å². The third kappa shape index (κ3) is 3.46. The van der Waals surface area contributed by atoms with E-state index in [1.165, 1.54) is 28.3 Å². The standard InChI is InChI=1S/C24H25ClN8S/c25-19-17(2-6-30-21(19)27)34-23-22(28)32-18(12-31-23)33-7-3-24(4-8-33)11-14-9-13-1-5-29-16(13)10-15(14)20(24)26/h1-2,5-6,9-10,12,20,29H,3-4,7-8,11,26H2,(H2,27,30)(H2,28,32)/t20-/m1/s1. The monoisotopic (exact) mass is 492 g/mol. The second-order valence-corrected chi connectivity index (χ2v) is 10.6. The minimum Gasteiger partial charge on any atom is -0.382 e. The number of fused-ring (bicyclic) bond motifs is 2. The lowest BCUT2D eigenvalue weighted by molar-refractivity contribution is 0.187. The zero-order chi connectivity index (χ0) is 23.4. The Bertz CT molecular complexity index is 1400. The van der Waals surface area contributed by atoms with Crippen molar-refractivity contribution in [3.8, 4) is 0 Å². The summed E-state index contributed by atoms with van der Waals surface area (Å²) in [7, 11) is 0. The van der Waals surface area contributed by atoms with Crippen molar-refractivity contribution >= 4 is 51.7 Å². The topological polar surface area (TPSA) is 136 Å². The number of benzene rings is 1. The first-order valence-corrected chi connectivity index (χ1v) is 12.4. The van der Waals surface area contributed by atoms with Crippen molar-refractivity contribution in [1.82, 2.24) is 19.9 Å². The number of anilines is 3. The van der Waals surface area contributed by atoms with Gasteiger partial charge < -0.3 is 27.1 Å². The van der Waals surface area contributed by atoms with E-state index in [4.69, 9.17) is 28.8 Å². The third-order valence-electron chi connectivity index (χ3n) is 7.27. The zero-order valence-electron chi connectivity index (χ0n) is 18.5. The van der Waals surface area contributed by atoms with Gasteiger partial charge in [-0.3, -0.25) is 0 Å². The van der Waals surface area contributed by atoms with Crippen LogP contribution in [0.4, 0.5) is 17.5 Å². The van der Waals surface area contributed by atoms with Gasteiger partial charge in [-0.15, -0.1) is 0 Å². The number of aromatic amines is 1. The smallest absolute Gasteiger partial charge is 0.158 e. The zero-order valence-corrected chi connectivity index (χ0v) is 20.0. The molecule has 10 heteroatoms. The van der Waals surface area contributed by atoms with E-state index in [1.54, 1.807) is 18.5 Å². The summed E-state index contributed by atoms with van der Waals surface area (Å²) in [4.78, 5) is 19.5. The first-order valence-electron chi connectivity index (χ1n) is 11.2. The highest BCUT2D eigenvalue weighted by Gasteiger charge is 2.46. The highest BCUT2D eigenvalue weighted by atomic mass is 35.5. The van der Waals surface area contributed by atoms with E-state index in [-0.39, 0.29) is 17.3 Å². The molecule has 1 saturated heterocycles. The minimum atomic E-state index is 0.0461. The Morgan fingerprint density at radius 1 is 1.12 bits per heavy atom. The number of rotatable bonds is 3. The summed E-state index contributed by atoms with van der Waals surface area (Å²) >= 11 is 7.59.